The molecule has 0 aromatic heterocycles. The second-order valence-electron chi connectivity index (χ2n) is 3.13. The summed E-state index contributed by atoms with van der Waals surface area (Å²) in [6.45, 7) is 1.94. The van der Waals surface area contributed by atoms with Gasteiger partial charge in [-0.1, -0.05) is 41.9 Å². The summed E-state index contributed by atoms with van der Waals surface area (Å²) >= 11 is 5.54. The molecule has 0 aliphatic heterocycles. The van der Waals surface area contributed by atoms with Crippen molar-refractivity contribution in [3.05, 3.63) is 65.2 Å². The van der Waals surface area contributed by atoms with Crippen molar-refractivity contribution in [1.29, 1.82) is 0 Å². The summed E-state index contributed by atoms with van der Waals surface area (Å²) in [6, 6.07) is 16.6. The topological polar surface area (TPSA) is 20.2 Å². The van der Waals surface area contributed by atoms with E-state index < -0.39 is 0 Å². The lowest BCUT2D eigenvalue weighted by atomic mass is 10.2. The van der Waals surface area contributed by atoms with E-state index in [4.69, 9.17) is 16.7 Å². The van der Waals surface area contributed by atoms with Crippen molar-refractivity contribution in [1.82, 2.24) is 0 Å². The minimum atomic E-state index is 0.338. The van der Waals surface area contributed by atoms with Crippen LogP contribution in [0.3, 0.4) is 0 Å². The standard InChI is InChI=1S/C7H8O.C6H5Cl/c1-6-3-2-4-7(8)5-6;7-6-4-2-1-3-5-6/h2-5,8H,1H3;1-5H. The first-order chi connectivity index (χ1) is 7.18. The van der Waals surface area contributed by atoms with Crippen molar-refractivity contribution in [2.75, 3.05) is 0 Å². The minimum Gasteiger partial charge on any atom is -0.508 e. The third-order valence-electron chi connectivity index (χ3n) is 1.73. The molecule has 0 fully saturated rings. The molecule has 0 radical (unpaired) electrons. The maximum Gasteiger partial charge on any atom is 0.115 e. The summed E-state index contributed by atoms with van der Waals surface area (Å²) in [7, 11) is 0. The average molecular weight is 221 g/mol. The highest BCUT2D eigenvalue weighted by Crippen LogP contribution is 2.08. The maximum absolute atomic E-state index is 8.81. The molecular weight excluding hydrogens is 208 g/mol. The molecular formula is C13H13ClO. The van der Waals surface area contributed by atoms with E-state index in [1.165, 1.54) is 0 Å². The van der Waals surface area contributed by atoms with Crippen molar-refractivity contribution in [3.8, 4) is 5.75 Å². The second-order valence-corrected chi connectivity index (χ2v) is 3.57. The van der Waals surface area contributed by atoms with Gasteiger partial charge in [0, 0.05) is 5.02 Å². The third-order valence-corrected chi connectivity index (χ3v) is 1.99. The molecule has 0 saturated heterocycles. The van der Waals surface area contributed by atoms with E-state index in [1.54, 1.807) is 12.1 Å². The predicted octanol–water partition coefficient (Wildman–Crippen LogP) is 4.04. The Morgan fingerprint density at radius 3 is 1.93 bits per heavy atom. The van der Waals surface area contributed by atoms with E-state index in [0.29, 0.717) is 5.75 Å². The van der Waals surface area contributed by atoms with Gasteiger partial charge in [-0.15, -0.1) is 0 Å². The van der Waals surface area contributed by atoms with Crippen LogP contribution in [0.4, 0.5) is 0 Å². The van der Waals surface area contributed by atoms with E-state index in [-0.39, 0.29) is 0 Å². The summed E-state index contributed by atoms with van der Waals surface area (Å²) in [6.07, 6.45) is 0. The lowest BCUT2D eigenvalue weighted by Gasteiger charge is -1.89. The first-order valence-electron chi connectivity index (χ1n) is 4.64. The van der Waals surface area contributed by atoms with Gasteiger partial charge in [0.1, 0.15) is 5.75 Å². The Kier molecular flexibility index (Phi) is 4.72. The summed E-state index contributed by atoms with van der Waals surface area (Å²) < 4.78 is 0. The molecule has 1 nitrogen and oxygen atoms in total. The quantitative estimate of drug-likeness (QED) is 0.711. The zero-order valence-corrected chi connectivity index (χ0v) is 9.28. The lowest BCUT2D eigenvalue weighted by molar-refractivity contribution is 0.475. The van der Waals surface area contributed by atoms with Gasteiger partial charge < -0.3 is 5.11 Å². The fourth-order valence-corrected chi connectivity index (χ4v) is 1.19. The highest BCUT2D eigenvalue weighted by Gasteiger charge is 1.83. The number of rotatable bonds is 0. The van der Waals surface area contributed by atoms with Gasteiger partial charge in [-0.25, -0.2) is 0 Å². The number of hydrogen-bond acceptors (Lipinski definition) is 1. The zero-order chi connectivity index (χ0) is 11.1. The normalized spacial score (nSPS) is 8.93. The molecule has 1 N–H and O–H groups in total. The summed E-state index contributed by atoms with van der Waals surface area (Å²) in [5.41, 5.74) is 1.09. The SMILES string of the molecule is Cc1cccc(O)c1.Clc1ccccc1. The average Bonchev–Trinajstić information content (AvgIpc) is 2.19. The van der Waals surface area contributed by atoms with Crippen molar-refractivity contribution in [3.63, 3.8) is 0 Å². The first kappa shape index (κ1) is 11.6. The number of halogens is 1. The Morgan fingerprint density at radius 2 is 1.60 bits per heavy atom. The molecule has 2 aromatic carbocycles. The van der Waals surface area contributed by atoms with Crippen molar-refractivity contribution in [2.45, 2.75) is 6.92 Å². The Hall–Kier alpha value is -1.47. The number of phenolic OH excluding ortho intramolecular Hbond substituents is 1. The van der Waals surface area contributed by atoms with Crippen LogP contribution in [0.2, 0.25) is 5.02 Å². The predicted molar refractivity (Wildman–Crippen MR) is 64.3 cm³/mol. The Bertz CT molecular complexity index is 381. The molecule has 15 heavy (non-hydrogen) atoms. The van der Waals surface area contributed by atoms with Crippen molar-refractivity contribution < 1.29 is 5.11 Å². The monoisotopic (exact) mass is 220 g/mol. The third kappa shape index (κ3) is 5.08. The maximum atomic E-state index is 8.81. The van der Waals surface area contributed by atoms with Crippen LogP contribution in [0.5, 0.6) is 5.75 Å². The van der Waals surface area contributed by atoms with Gasteiger partial charge in [0.25, 0.3) is 0 Å². The van der Waals surface area contributed by atoms with Crippen LogP contribution < -0.4 is 0 Å². The van der Waals surface area contributed by atoms with Crippen LogP contribution in [0.15, 0.2) is 54.6 Å². The molecule has 2 aromatic rings. The fraction of sp³-hybridized carbons (Fsp3) is 0.0769. The first-order valence-corrected chi connectivity index (χ1v) is 5.02. The van der Waals surface area contributed by atoms with E-state index in [9.17, 15) is 0 Å². The Labute approximate surface area is 95.0 Å². The highest BCUT2D eigenvalue weighted by atomic mass is 35.5. The number of aryl methyl sites for hydroxylation is 1. The fourth-order valence-electron chi connectivity index (χ4n) is 1.04. The zero-order valence-electron chi connectivity index (χ0n) is 8.52. The number of hydrogen-bond donors (Lipinski definition) is 1. The van der Waals surface area contributed by atoms with Crippen molar-refractivity contribution in [2.24, 2.45) is 0 Å². The molecule has 0 amide bonds. The molecule has 0 aliphatic rings. The number of aromatic hydroxyl groups is 1. The van der Waals surface area contributed by atoms with Gasteiger partial charge in [-0.05, 0) is 36.8 Å². The Morgan fingerprint density at radius 1 is 0.933 bits per heavy atom. The molecule has 2 heteroatoms. The molecule has 0 bridgehead atoms. The van der Waals surface area contributed by atoms with E-state index in [2.05, 4.69) is 0 Å². The van der Waals surface area contributed by atoms with Crippen LogP contribution in [-0.4, -0.2) is 5.11 Å². The largest absolute Gasteiger partial charge is 0.508 e. The van der Waals surface area contributed by atoms with Gasteiger partial charge >= 0.3 is 0 Å². The van der Waals surface area contributed by atoms with Gasteiger partial charge in [-0.3, -0.25) is 0 Å². The molecule has 78 valence electrons. The molecule has 0 heterocycles. The summed E-state index contributed by atoms with van der Waals surface area (Å²) in [4.78, 5) is 0. The lowest BCUT2D eigenvalue weighted by Crippen LogP contribution is -1.66. The molecule has 0 aliphatic carbocycles. The molecule has 0 atom stereocenters. The molecule has 0 saturated carbocycles. The van der Waals surface area contributed by atoms with E-state index in [1.807, 2.05) is 49.4 Å². The van der Waals surface area contributed by atoms with Gasteiger partial charge in [0.2, 0.25) is 0 Å². The van der Waals surface area contributed by atoms with Gasteiger partial charge in [-0.2, -0.15) is 0 Å². The Balaban J connectivity index is 0.000000151. The molecule has 0 unspecified atom stereocenters. The number of phenols is 1. The van der Waals surface area contributed by atoms with Crippen LogP contribution in [0.1, 0.15) is 5.56 Å². The smallest absolute Gasteiger partial charge is 0.115 e. The van der Waals surface area contributed by atoms with Crippen LogP contribution in [0.25, 0.3) is 0 Å². The van der Waals surface area contributed by atoms with Crippen LogP contribution >= 0.6 is 11.6 Å². The number of benzene rings is 2. The van der Waals surface area contributed by atoms with E-state index in [0.717, 1.165) is 10.6 Å². The van der Waals surface area contributed by atoms with Crippen molar-refractivity contribution >= 4 is 11.6 Å². The summed E-state index contributed by atoms with van der Waals surface area (Å²) in [5.74, 6) is 0.338. The highest BCUT2D eigenvalue weighted by molar-refractivity contribution is 6.30. The summed E-state index contributed by atoms with van der Waals surface area (Å²) in [5, 5.41) is 9.61. The van der Waals surface area contributed by atoms with Gasteiger partial charge in [0.05, 0.1) is 0 Å². The van der Waals surface area contributed by atoms with Crippen LogP contribution in [-0.2, 0) is 0 Å². The van der Waals surface area contributed by atoms with Crippen LogP contribution in [0, 0.1) is 6.92 Å². The van der Waals surface area contributed by atoms with E-state index >= 15 is 0 Å². The minimum absolute atomic E-state index is 0.338. The van der Waals surface area contributed by atoms with Gasteiger partial charge in [0.15, 0.2) is 0 Å². The molecule has 0 spiro atoms. The molecule has 2 rings (SSSR count). The second kappa shape index (κ2) is 6.10.